The van der Waals surface area contributed by atoms with Gasteiger partial charge in [0.2, 0.25) is 0 Å². The Kier molecular flexibility index (Phi) is 4.03. The molecule has 1 aliphatic rings. The molecule has 0 bridgehead atoms. The number of carbonyl (C=O) groups is 1. The fourth-order valence-electron chi connectivity index (χ4n) is 1.52. The van der Waals surface area contributed by atoms with Crippen molar-refractivity contribution in [3.8, 4) is 0 Å². The van der Waals surface area contributed by atoms with E-state index < -0.39 is 30.7 Å². The molecule has 8 heteroatoms. The van der Waals surface area contributed by atoms with Crippen LogP contribution >= 0.6 is 22.3 Å². The summed E-state index contributed by atoms with van der Waals surface area (Å²) in [5, 5.41) is 2.16. The molecule has 1 saturated carbocycles. The van der Waals surface area contributed by atoms with E-state index in [0.29, 0.717) is 18.5 Å². The van der Waals surface area contributed by atoms with Crippen LogP contribution in [0.4, 0.5) is 4.39 Å². The van der Waals surface area contributed by atoms with Crippen molar-refractivity contribution in [3.05, 3.63) is 28.5 Å². The zero-order chi connectivity index (χ0) is 14.2. The lowest BCUT2D eigenvalue weighted by molar-refractivity contribution is 0.0951. The number of halogens is 3. The van der Waals surface area contributed by atoms with E-state index in [1.165, 1.54) is 0 Å². The Morgan fingerprint density at radius 1 is 1.42 bits per heavy atom. The standard InChI is InChI=1S/C11H10Cl2FNO3S/c12-10-8(11(16)15-5-6-1-2-6)3-7(4-9(10)14)19(13,17)18/h3-4,6H,1-2,5H2,(H,15,16). The van der Waals surface area contributed by atoms with Crippen LogP contribution in [0.5, 0.6) is 0 Å². The minimum atomic E-state index is -4.12. The molecule has 104 valence electrons. The van der Waals surface area contributed by atoms with Gasteiger partial charge in [0, 0.05) is 17.2 Å². The van der Waals surface area contributed by atoms with Gasteiger partial charge in [0.1, 0.15) is 5.82 Å². The zero-order valence-electron chi connectivity index (χ0n) is 9.62. The number of rotatable bonds is 4. The molecule has 0 atom stereocenters. The minimum absolute atomic E-state index is 0.235. The quantitative estimate of drug-likeness (QED) is 0.865. The number of hydrogen-bond donors (Lipinski definition) is 1. The van der Waals surface area contributed by atoms with Crippen molar-refractivity contribution in [1.82, 2.24) is 5.32 Å². The molecule has 2 rings (SSSR count). The Morgan fingerprint density at radius 3 is 2.58 bits per heavy atom. The summed E-state index contributed by atoms with van der Waals surface area (Å²) in [6.07, 6.45) is 2.08. The minimum Gasteiger partial charge on any atom is -0.352 e. The van der Waals surface area contributed by atoms with Gasteiger partial charge in [-0.3, -0.25) is 4.79 Å². The third kappa shape index (κ3) is 3.58. The second-order valence-electron chi connectivity index (χ2n) is 4.36. The highest BCUT2D eigenvalue weighted by molar-refractivity contribution is 8.13. The molecule has 0 spiro atoms. The molecule has 1 amide bonds. The van der Waals surface area contributed by atoms with Crippen LogP contribution in [0.1, 0.15) is 23.2 Å². The van der Waals surface area contributed by atoms with E-state index in [0.717, 1.165) is 18.9 Å². The highest BCUT2D eigenvalue weighted by Gasteiger charge is 2.24. The van der Waals surface area contributed by atoms with Crippen LogP contribution in [0.2, 0.25) is 5.02 Å². The molecular weight excluding hydrogens is 316 g/mol. The van der Waals surface area contributed by atoms with Crippen molar-refractivity contribution in [3.63, 3.8) is 0 Å². The summed E-state index contributed by atoms with van der Waals surface area (Å²) in [4.78, 5) is 11.3. The van der Waals surface area contributed by atoms with Gasteiger partial charge in [0.05, 0.1) is 15.5 Å². The van der Waals surface area contributed by atoms with Gasteiger partial charge < -0.3 is 5.32 Å². The summed E-state index contributed by atoms with van der Waals surface area (Å²) in [6.45, 7) is 0.467. The SMILES string of the molecule is O=C(NCC1CC1)c1cc(S(=O)(=O)Cl)cc(F)c1Cl. The zero-order valence-corrected chi connectivity index (χ0v) is 11.9. The van der Waals surface area contributed by atoms with Crippen LogP contribution in [0, 0.1) is 11.7 Å². The summed E-state index contributed by atoms with van der Waals surface area (Å²) >= 11 is 5.67. The van der Waals surface area contributed by atoms with Crippen LogP contribution in [-0.2, 0) is 9.05 Å². The average molecular weight is 326 g/mol. The first kappa shape index (κ1) is 14.6. The fourth-order valence-corrected chi connectivity index (χ4v) is 2.49. The Hall–Kier alpha value is -0.850. The molecule has 0 aromatic heterocycles. The lowest BCUT2D eigenvalue weighted by Gasteiger charge is -2.08. The Bertz CT molecular complexity index is 629. The smallest absolute Gasteiger partial charge is 0.261 e. The first-order valence-electron chi connectivity index (χ1n) is 5.51. The van der Waals surface area contributed by atoms with Gasteiger partial charge in [-0.1, -0.05) is 11.6 Å². The normalized spacial score (nSPS) is 15.3. The predicted molar refractivity (Wildman–Crippen MR) is 69.5 cm³/mol. The number of nitrogens with one attached hydrogen (secondary N) is 1. The third-order valence-electron chi connectivity index (χ3n) is 2.78. The van der Waals surface area contributed by atoms with Crippen molar-refractivity contribution >= 4 is 37.2 Å². The fraction of sp³-hybridized carbons (Fsp3) is 0.364. The lowest BCUT2D eigenvalue weighted by Crippen LogP contribution is -2.26. The molecule has 1 aromatic rings. The Morgan fingerprint density at radius 2 is 2.05 bits per heavy atom. The van der Waals surface area contributed by atoms with Crippen LogP contribution in [0.15, 0.2) is 17.0 Å². The van der Waals surface area contributed by atoms with Crippen molar-refractivity contribution in [2.75, 3.05) is 6.54 Å². The summed E-state index contributed by atoms with van der Waals surface area (Å²) < 4.78 is 35.8. The van der Waals surface area contributed by atoms with Crippen LogP contribution in [0.3, 0.4) is 0 Å². The molecule has 0 heterocycles. The van der Waals surface area contributed by atoms with E-state index in [1.54, 1.807) is 0 Å². The average Bonchev–Trinajstić information content (AvgIpc) is 3.11. The molecule has 0 aliphatic heterocycles. The van der Waals surface area contributed by atoms with Gasteiger partial charge in [-0.25, -0.2) is 12.8 Å². The van der Waals surface area contributed by atoms with Crippen molar-refractivity contribution in [2.45, 2.75) is 17.7 Å². The maximum atomic E-state index is 13.5. The highest BCUT2D eigenvalue weighted by Crippen LogP contribution is 2.29. The predicted octanol–water partition coefficient (Wildman–Crippen LogP) is 2.55. The van der Waals surface area contributed by atoms with E-state index in [4.69, 9.17) is 22.3 Å². The van der Waals surface area contributed by atoms with Gasteiger partial charge in [-0.15, -0.1) is 0 Å². The van der Waals surface area contributed by atoms with Gasteiger partial charge >= 0.3 is 0 Å². The first-order chi connectivity index (χ1) is 8.79. The van der Waals surface area contributed by atoms with E-state index in [9.17, 15) is 17.6 Å². The lowest BCUT2D eigenvalue weighted by atomic mass is 10.2. The molecule has 1 N–H and O–H groups in total. The molecule has 1 aliphatic carbocycles. The molecule has 4 nitrogen and oxygen atoms in total. The highest BCUT2D eigenvalue weighted by atomic mass is 35.7. The molecule has 0 saturated heterocycles. The second-order valence-corrected chi connectivity index (χ2v) is 7.30. The molecule has 0 unspecified atom stereocenters. The number of benzene rings is 1. The van der Waals surface area contributed by atoms with Crippen LogP contribution < -0.4 is 5.32 Å². The van der Waals surface area contributed by atoms with Gasteiger partial charge in [-0.05, 0) is 30.9 Å². The Balaban J connectivity index is 2.31. The largest absolute Gasteiger partial charge is 0.352 e. The van der Waals surface area contributed by atoms with Crippen LogP contribution in [0.25, 0.3) is 0 Å². The molecule has 19 heavy (non-hydrogen) atoms. The number of carbonyl (C=O) groups excluding carboxylic acids is 1. The van der Waals surface area contributed by atoms with Gasteiger partial charge in [0.25, 0.3) is 15.0 Å². The number of amides is 1. The number of hydrogen-bond acceptors (Lipinski definition) is 3. The van der Waals surface area contributed by atoms with E-state index in [2.05, 4.69) is 5.32 Å². The summed E-state index contributed by atoms with van der Waals surface area (Å²) in [6, 6.07) is 1.65. The maximum absolute atomic E-state index is 13.5. The molecule has 1 aromatic carbocycles. The van der Waals surface area contributed by atoms with Gasteiger partial charge in [0.15, 0.2) is 0 Å². The summed E-state index contributed by atoms with van der Waals surface area (Å²) in [5.74, 6) is -1.18. The van der Waals surface area contributed by atoms with E-state index in [1.807, 2.05) is 0 Å². The van der Waals surface area contributed by atoms with Crippen LogP contribution in [-0.4, -0.2) is 20.9 Å². The third-order valence-corrected chi connectivity index (χ3v) is 4.49. The molecule has 0 radical (unpaired) electrons. The van der Waals surface area contributed by atoms with Crippen molar-refractivity contribution in [2.24, 2.45) is 5.92 Å². The first-order valence-corrected chi connectivity index (χ1v) is 8.19. The summed E-state index contributed by atoms with van der Waals surface area (Å²) in [5.41, 5.74) is -0.235. The summed E-state index contributed by atoms with van der Waals surface area (Å²) in [7, 11) is 1.00. The van der Waals surface area contributed by atoms with Crippen molar-refractivity contribution < 1.29 is 17.6 Å². The molecular formula is C11H10Cl2FNO3S. The molecule has 1 fully saturated rings. The van der Waals surface area contributed by atoms with E-state index in [-0.39, 0.29) is 5.56 Å². The van der Waals surface area contributed by atoms with Gasteiger partial charge in [-0.2, -0.15) is 0 Å². The van der Waals surface area contributed by atoms with E-state index >= 15 is 0 Å². The monoisotopic (exact) mass is 325 g/mol. The second kappa shape index (κ2) is 5.26. The topological polar surface area (TPSA) is 63.2 Å². The van der Waals surface area contributed by atoms with Crippen molar-refractivity contribution in [1.29, 1.82) is 0 Å². The maximum Gasteiger partial charge on any atom is 0.261 e. The Labute approximate surface area is 119 Å².